The molecule has 5 heteroatoms. The zero-order valence-electron chi connectivity index (χ0n) is 11.3. The van der Waals surface area contributed by atoms with E-state index < -0.39 is 5.97 Å². The molecule has 19 heavy (non-hydrogen) atoms. The average Bonchev–Trinajstić information content (AvgIpc) is 2.27. The number of rotatable bonds is 5. The number of aliphatic carboxylic acids is 1. The van der Waals surface area contributed by atoms with Crippen LogP contribution < -0.4 is 0 Å². The first-order chi connectivity index (χ1) is 8.82. The Kier molecular flexibility index (Phi) is 5.54. The van der Waals surface area contributed by atoms with Gasteiger partial charge in [0.25, 0.3) is 5.91 Å². The largest absolute Gasteiger partial charge is 0.481 e. The van der Waals surface area contributed by atoms with Gasteiger partial charge in [-0.25, -0.2) is 0 Å². The molecule has 0 saturated heterocycles. The van der Waals surface area contributed by atoms with Gasteiger partial charge in [-0.3, -0.25) is 9.59 Å². The van der Waals surface area contributed by atoms with Crippen LogP contribution in [0.4, 0.5) is 0 Å². The molecule has 4 nitrogen and oxygen atoms in total. The first-order valence-electron chi connectivity index (χ1n) is 6.12. The van der Waals surface area contributed by atoms with Gasteiger partial charge in [-0.15, -0.1) is 0 Å². The highest BCUT2D eigenvalue weighted by Crippen LogP contribution is 2.21. The molecule has 0 aliphatic rings. The van der Waals surface area contributed by atoms with Crippen molar-refractivity contribution < 1.29 is 14.7 Å². The van der Waals surface area contributed by atoms with E-state index in [1.165, 1.54) is 0 Å². The number of amides is 1. The van der Waals surface area contributed by atoms with Gasteiger partial charge in [0.15, 0.2) is 0 Å². The van der Waals surface area contributed by atoms with Gasteiger partial charge >= 0.3 is 5.97 Å². The van der Waals surface area contributed by atoms with Crippen LogP contribution in [0.2, 0.25) is 0 Å². The first kappa shape index (κ1) is 15.7. The van der Waals surface area contributed by atoms with Crippen LogP contribution >= 0.6 is 15.9 Å². The highest BCUT2D eigenvalue weighted by Gasteiger charge is 2.21. The molecule has 0 bridgehead atoms. The van der Waals surface area contributed by atoms with Crippen LogP contribution in [0.3, 0.4) is 0 Å². The van der Waals surface area contributed by atoms with Crippen LogP contribution in [-0.2, 0) is 4.79 Å². The Balaban J connectivity index is 2.95. The van der Waals surface area contributed by atoms with Gasteiger partial charge < -0.3 is 10.0 Å². The number of hydrogen-bond acceptors (Lipinski definition) is 2. The summed E-state index contributed by atoms with van der Waals surface area (Å²) in [5.74, 6) is -1.05. The van der Waals surface area contributed by atoms with Gasteiger partial charge in [-0.1, -0.05) is 6.07 Å². The summed E-state index contributed by atoms with van der Waals surface area (Å²) in [7, 11) is 0. The zero-order valence-corrected chi connectivity index (χ0v) is 12.9. The third kappa shape index (κ3) is 4.35. The van der Waals surface area contributed by atoms with E-state index in [4.69, 9.17) is 5.11 Å². The second-order valence-corrected chi connectivity index (χ2v) is 5.57. The van der Waals surface area contributed by atoms with E-state index in [0.29, 0.717) is 5.56 Å². The maximum absolute atomic E-state index is 12.4. The number of benzene rings is 1. The van der Waals surface area contributed by atoms with Crippen LogP contribution in [0.25, 0.3) is 0 Å². The lowest BCUT2D eigenvalue weighted by Gasteiger charge is -2.26. The number of carboxylic acid groups (broad SMARTS) is 1. The summed E-state index contributed by atoms with van der Waals surface area (Å²) >= 11 is 3.38. The van der Waals surface area contributed by atoms with E-state index in [9.17, 15) is 9.59 Å². The van der Waals surface area contributed by atoms with Crippen molar-refractivity contribution in [2.24, 2.45) is 0 Å². The van der Waals surface area contributed by atoms with Gasteiger partial charge in [0, 0.05) is 17.1 Å². The third-order valence-corrected chi connectivity index (χ3v) is 3.46. The number of aryl methyl sites for hydroxylation is 1. The van der Waals surface area contributed by atoms with Crippen molar-refractivity contribution >= 4 is 27.8 Å². The maximum Gasteiger partial charge on any atom is 0.305 e. The average molecular weight is 328 g/mol. The fourth-order valence-electron chi connectivity index (χ4n) is 1.76. The molecule has 0 aliphatic carbocycles. The lowest BCUT2D eigenvalue weighted by molar-refractivity contribution is -0.137. The lowest BCUT2D eigenvalue weighted by Crippen LogP contribution is -2.38. The van der Waals surface area contributed by atoms with Crippen molar-refractivity contribution in [3.05, 3.63) is 33.8 Å². The molecule has 1 amide bonds. The predicted octanol–water partition coefficient (Wildman–Crippen LogP) is 3.08. The molecule has 0 aliphatic heterocycles. The molecule has 0 heterocycles. The molecule has 1 N–H and O–H groups in total. The molecule has 0 saturated carbocycles. The molecule has 0 spiro atoms. The van der Waals surface area contributed by atoms with Gasteiger partial charge in [0.1, 0.15) is 0 Å². The second kappa shape index (κ2) is 6.70. The molecule has 0 aromatic heterocycles. The second-order valence-electron chi connectivity index (χ2n) is 4.72. The van der Waals surface area contributed by atoms with Crippen molar-refractivity contribution in [1.29, 1.82) is 0 Å². The molecule has 0 unspecified atom stereocenters. The third-order valence-electron chi connectivity index (χ3n) is 2.81. The Hall–Kier alpha value is -1.36. The molecule has 1 rings (SSSR count). The van der Waals surface area contributed by atoms with Crippen LogP contribution in [-0.4, -0.2) is 34.5 Å². The van der Waals surface area contributed by atoms with Crippen LogP contribution in [0.15, 0.2) is 22.7 Å². The summed E-state index contributed by atoms with van der Waals surface area (Å²) in [4.78, 5) is 24.7. The minimum Gasteiger partial charge on any atom is -0.481 e. The van der Waals surface area contributed by atoms with E-state index >= 15 is 0 Å². The van der Waals surface area contributed by atoms with Gasteiger partial charge in [0.05, 0.1) is 12.0 Å². The number of carbonyl (C=O) groups is 2. The highest BCUT2D eigenvalue weighted by molar-refractivity contribution is 9.10. The van der Waals surface area contributed by atoms with Gasteiger partial charge in [0.2, 0.25) is 0 Å². The Morgan fingerprint density at radius 1 is 1.37 bits per heavy atom. The normalized spacial score (nSPS) is 10.6. The first-order valence-corrected chi connectivity index (χ1v) is 6.91. The van der Waals surface area contributed by atoms with E-state index in [2.05, 4.69) is 15.9 Å². The van der Waals surface area contributed by atoms with Gasteiger partial charge in [-0.05, 0) is 54.4 Å². The quantitative estimate of drug-likeness (QED) is 0.904. The Morgan fingerprint density at radius 2 is 2.00 bits per heavy atom. The summed E-state index contributed by atoms with van der Waals surface area (Å²) in [6.45, 7) is 5.92. The number of nitrogens with zero attached hydrogens (tertiary/aromatic N) is 1. The van der Waals surface area contributed by atoms with Crippen molar-refractivity contribution in [2.45, 2.75) is 33.2 Å². The van der Waals surface area contributed by atoms with Crippen molar-refractivity contribution in [3.8, 4) is 0 Å². The summed E-state index contributed by atoms with van der Waals surface area (Å²) < 4.78 is 0.735. The Labute approximate surface area is 121 Å². The minimum atomic E-state index is -0.901. The van der Waals surface area contributed by atoms with Crippen molar-refractivity contribution in [2.75, 3.05) is 6.54 Å². The van der Waals surface area contributed by atoms with Crippen molar-refractivity contribution in [1.82, 2.24) is 4.90 Å². The molecular formula is C14H18BrNO3. The fraction of sp³-hybridized carbons (Fsp3) is 0.429. The van der Waals surface area contributed by atoms with Crippen LogP contribution in [0.1, 0.15) is 36.2 Å². The predicted molar refractivity (Wildman–Crippen MR) is 77.3 cm³/mol. The smallest absolute Gasteiger partial charge is 0.305 e. The van der Waals surface area contributed by atoms with Crippen LogP contribution in [0, 0.1) is 6.92 Å². The van der Waals surface area contributed by atoms with E-state index in [1.54, 1.807) is 11.0 Å². The summed E-state index contributed by atoms with van der Waals surface area (Å²) in [5.41, 5.74) is 1.62. The molecule has 0 radical (unpaired) electrons. The molecule has 1 aromatic carbocycles. The number of hydrogen-bond donors (Lipinski definition) is 1. The zero-order chi connectivity index (χ0) is 14.6. The molecular weight excluding hydrogens is 310 g/mol. The van der Waals surface area contributed by atoms with E-state index in [0.717, 1.165) is 10.0 Å². The molecule has 0 fully saturated rings. The van der Waals surface area contributed by atoms with Gasteiger partial charge in [-0.2, -0.15) is 0 Å². The summed E-state index contributed by atoms with van der Waals surface area (Å²) in [6.07, 6.45) is -0.0482. The standard InChI is InChI=1S/C14H18BrNO3/c1-9(2)16(7-6-13(17)18)14(19)11-5-4-10(3)8-12(11)15/h4-5,8-9H,6-7H2,1-3H3,(H,17,18). The topological polar surface area (TPSA) is 57.6 Å². The maximum atomic E-state index is 12.4. The van der Waals surface area contributed by atoms with Crippen molar-refractivity contribution in [3.63, 3.8) is 0 Å². The Morgan fingerprint density at radius 3 is 2.47 bits per heavy atom. The number of carboxylic acids is 1. The highest BCUT2D eigenvalue weighted by atomic mass is 79.9. The van der Waals surface area contributed by atoms with E-state index in [1.807, 2.05) is 32.9 Å². The molecule has 0 atom stereocenters. The lowest BCUT2D eigenvalue weighted by atomic mass is 10.1. The molecule has 1 aromatic rings. The number of halogens is 1. The van der Waals surface area contributed by atoms with E-state index in [-0.39, 0.29) is 24.9 Å². The summed E-state index contributed by atoms with van der Waals surface area (Å²) in [5, 5.41) is 8.74. The summed E-state index contributed by atoms with van der Waals surface area (Å²) in [6, 6.07) is 5.47. The monoisotopic (exact) mass is 327 g/mol. The SMILES string of the molecule is Cc1ccc(C(=O)N(CCC(=O)O)C(C)C)c(Br)c1. The number of carbonyl (C=O) groups excluding carboxylic acids is 1. The Bertz CT molecular complexity index is 486. The fourth-order valence-corrected chi connectivity index (χ4v) is 2.42. The molecule has 104 valence electrons. The minimum absolute atomic E-state index is 0.0416. The van der Waals surface area contributed by atoms with Crippen LogP contribution in [0.5, 0.6) is 0 Å².